The molecular weight excluding hydrogens is 448 g/mol. The minimum atomic E-state index is -0.478. The highest BCUT2D eigenvalue weighted by atomic mass is 79.9. The molecule has 0 bridgehead atoms. The maximum absolute atomic E-state index is 12.7. The van der Waals surface area contributed by atoms with Gasteiger partial charge < -0.3 is 14.2 Å². The topological polar surface area (TPSA) is 61.8 Å². The zero-order valence-corrected chi connectivity index (χ0v) is 17.9. The van der Waals surface area contributed by atoms with Crippen molar-refractivity contribution in [2.24, 2.45) is 0 Å². The van der Waals surface area contributed by atoms with E-state index >= 15 is 0 Å². The van der Waals surface area contributed by atoms with Gasteiger partial charge in [-0.1, -0.05) is 33.6 Å². The van der Waals surface area contributed by atoms with Crippen LogP contribution in [0.15, 0.2) is 70.9 Å². The summed E-state index contributed by atoms with van der Waals surface area (Å²) in [6.45, 7) is 1.94. The third-order valence-corrected chi connectivity index (χ3v) is 5.11. The van der Waals surface area contributed by atoms with E-state index in [0.29, 0.717) is 33.9 Å². The number of carbonyl (C=O) groups is 2. The molecule has 6 heteroatoms. The van der Waals surface area contributed by atoms with Crippen molar-refractivity contribution in [3.63, 3.8) is 0 Å². The van der Waals surface area contributed by atoms with Gasteiger partial charge in [0.25, 0.3) is 0 Å². The molecule has 150 valence electrons. The van der Waals surface area contributed by atoms with Crippen LogP contribution in [0.25, 0.3) is 6.08 Å². The first kappa shape index (κ1) is 19.9. The number of fused-ring (bicyclic) bond motifs is 1. The van der Waals surface area contributed by atoms with Gasteiger partial charge in [0.2, 0.25) is 5.78 Å². The van der Waals surface area contributed by atoms with Crippen molar-refractivity contribution in [1.29, 1.82) is 0 Å². The molecule has 0 saturated carbocycles. The van der Waals surface area contributed by atoms with E-state index < -0.39 is 5.97 Å². The van der Waals surface area contributed by atoms with Crippen LogP contribution in [0.5, 0.6) is 17.2 Å². The van der Waals surface area contributed by atoms with Crippen molar-refractivity contribution in [3.8, 4) is 17.2 Å². The molecule has 1 heterocycles. The lowest BCUT2D eigenvalue weighted by Crippen LogP contribution is -2.08. The number of benzene rings is 3. The minimum Gasteiger partial charge on any atom is -0.496 e. The number of hydrogen-bond donors (Lipinski definition) is 0. The summed E-state index contributed by atoms with van der Waals surface area (Å²) in [5.41, 5.74) is 2.61. The van der Waals surface area contributed by atoms with Crippen LogP contribution in [0.1, 0.15) is 31.8 Å². The fraction of sp³-hybridized carbons (Fsp3) is 0.0833. The first-order chi connectivity index (χ1) is 14.4. The SMILES string of the molecule is COc1ccc(Br)cc1/C=C1\Oc2cc(OC(=O)c3ccc(C)cc3)ccc2C1=O. The normalized spacial score (nSPS) is 13.7. The molecule has 3 aromatic rings. The van der Waals surface area contributed by atoms with E-state index in [2.05, 4.69) is 15.9 Å². The number of aryl methyl sites for hydroxylation is 1. The van der Waals surface area contributed by atoms with Crippen LogP contribution in [0, 0.1) is 6.92 Å². The number of Topliss-reactive ketones (excluding diaryl/α,β-unsaturated/α-hetero) is 1. The quantitative estimate of drug-likeness (QED) is 0.285. The summed E-state index contributed by atoms with van der Waals surface area (Å²) in [7, 11) is 1.56. The Morgan fingerprint density at radius 2 is 1.80 bits per heavy atom. The smallest absolute Gasteiger partial charge is 0.343 e. The van der Waals surface area contributed by atoms with Crippen LogP contribution in [-0.4, -0.2) is 18.9 Å². The average Bonchev–Trinajstić information content (AvgIpc) is 3.03. The van der Waals surface area contributed by atoms with Gasteiger partial charge in [-0.25, -0.2) is 4.79 Å². The zero-order chi connectivity index (χ0) is 21.3. The second-order valence-corrected chi connectivity index (χ2v) is 7.66. The molecule has 1 aliphatic heterocycles. The lowest BCUT2D eigenvalue weighted by atomic mass is 10.1. The first-order valence-electron chi connectivity index (χ1n) is 9.15. The average molecular weight is 465 g/mol. The van der Waals surface area contributed by atoms with Gasteiger partial charge in [0, 0.05) is 16.1 Å². The summed E-state index contributed by atoms with van der Waals surface area (Å²) in [5.74, 6) is 0.703. The van der Waals surface area contributed by atoms with Crippen LogP contribution >= 0.6 is 15.9 Å². The molecule has 0 amide bonds. The molecule has 0 saturated heterocycles. The first-order valence-corrected chi connectivity index (χ1v) is 9.94. The summed E-state index contributed by atoms with van der Waals surface area (Å²) in [6.07, 6.45) is 1.63. The molecule has 0 N–H and O–H groups in total. The lowest BCUT2D eigenvalue weighted by Gasteiger charge is -2.07. The third kappa shape index (κ3) is 4.00. The minimum absolute atomic E-state index is 0.170. The lowest BCUT2D eigenvalue weighted by molar-refractivity contribution is 0.0734. The summed E-state index contributed by atoms with van der Waals surface area (Å²) < 4.78 is 17.4. The Bertz CT molecular complexity index is 1180. The van der Waals surface area contributed by atoms with E-state index in [1.165, 1.54) is 6.07 Å². The standard InChI is InChI=1S/C24H17BrO5/c1-14-3-5-15(6-4-14)24(27)29-18-8-9-19-21(13-18)30-22(23(19)26)12-16-11-17(25)7-10-20(16)28-2/h3-13H,1-2H3/b22-12-. The van der Waals surface area contributed by atoms with Gasteiger partial charge in [-0.15, -0.1) is 0 Å². The molecular formula is C24H17BrO5. The molecule has 5 nitrogen and oxygen atoms in total. The zero-order valence-electron chi connectivity index (χ0n) is 16.3. The van der Waals surface area contributed by atoms with Crippen molar-refractivity contribution < 1.29 is 23.8 Å². The molecule has 3 aromatic carbocycles. The number of halogens is 1. The number of allylic oxidation sites excluding steroid dienone is 1. The fourth-order valence-corrected chi connectivity index (χ4v) is 3.42. The number of carbonyl (C=O) groups excluding carboxylic acids is 2. The molecule has 4 rings (SSSR count). The van der Waals surface area contributed by atoms with Gasteiger partial charge in [-0.2, -0.15) is 0 Å². The Morgan fingerprint density at radius 1 is 1.03 bits per heavy atom. The second-order valence-electron chi connectivity index (χ2n) is 6.74. The maximum Gasteiger partial charge on any atom is 0.343 e. The maximum atomic E-state index is 12.7. The Kier molecular flexibility index (Phi) is 5.42. The molecule has 0 spiro atoms. The van der Waals surface area contributed by atoms with Crippen molar-refractivity contribution >= 4 is 33.8 Å². The van der Waals surface area contributed by atoms with Crippen molar-refractivity contribution in [2.45, 2.75) is 6.92 Å². The second kappa shape index (κ2) is 8.16. The number of methoxy groups -OCH3 is 1. The van der Waals surface area contributed by atoms with Gasteiger partial charge in [0.15, 0.2) is 5.76 Å². The van der Waals surface area contributed by atoms with E-state index in [-0.39, 0.29) is 11.5 Å². The van der Waals surface area contributed by atoms with Crippen LogP contribution in [0.3, 0.4) is 0 Å². The van der Waals surface area contributed by atoms with E-state index in [4.69, 9.17) is 14.2 Å². The van der Waals surface area contributed by atoms with E-state index in [9.17, 15) is 9.59 Å². The molecule has 0 fully saturated rings. The van der Waals surface area contributed by atoms with E-state index in [0.717, 1.165) is 10.0 Å². The summed E-state index contributed by atoms with van der Waals surface area (Å²) in [4.78, 5) is 25.1. The Balaban J connectivity index is 1.58. The monoisotopic (exact) mass is 464 g/mol. The highest BCUT2D eigenvalue weighted by Gasteiger charge is 2.28. The predicted octanol–water partition coefficient (Wildman–Crippen LogP) is 5.60. The highest BCUT2D eigenvalue weighted by Crippen LogP contribution is 2.36. The molecule has 1 aliphatic rings. The fourth-order valence-electron chi connectivity index (χ4n) is 3.05. The number of esters is 1. The summed E-state index contributed by atoms with van der Waals surface area (Å²) in [6, 6.07) is 17.3. The van der Waals surface area contributed by atoms with E-state index in [1.807, 2.05) is 31.2 Å². The van der Waals surface area contributed by atoms with Gasteiger partial charge >= 0.3 is 5.97 Å². The van der Waals surface area contributed by atoms with Crippen LogP contribution in [-0.2, 0) is 0 Å². The van der Waals surface area contributed by atoms with Crippen molar-refractivity contribution in [2.75, 3.05) is 7.11 Å². The molecule has 0 radical (unpaired) electrons. The molecule has 0 atom stereocenters. The Hall–Kier alpha value is -3.38. The number of hydrogen-bond acceptors (Lipinski definition) is 5. The number of ether oxygens (including phenoxy) is 3. The summed E-state index contributed by atoms with van der Waals surface area (Å²) >= 11 is 3.41. The largest absolute Gasteiger partial charge is 0.496 e. The van der Waals surface area contributed by atoms with Gasteiger partial charge in [0.1, 0.15) is 17.2 Å². The van der Waals surface area contributed by atoms with Crippen LogP contribution in [0.2, 0.25) is 0 Å². The Labute approximate surface area is 182 Å². The van der Waals surface area contributed by atoms with Crippen LogP contribution in [0.4, 0.5) is 0 Å². The van der Waals surface area contributed by atoms with Crippen molar-refractivity contribution in [1.82, 2.24) is 0 Å². The molecule has 0 aromatic heterocycles. The Morgan fingerprint density at radius 3 is 2.53 bits per heavy atom. The third-order valence-electron chi connectivity index (χ3n) is 4.62. The van der Waals surface area contributed by atoms with Gasteiger partial charge in [0.05, 0.1) is 18.2 Å². The van der Waals surface area contributed by atoms with Gasteiger partial charge in [-0.3, -0.25) is 4.79 Å². The number of ketones is 1. The van der Waals surface area contributed by atoms with Gasteiger partial charge in [-0.05, 0) is 55.5 Å². The molecule has 0 unspecified atom stereocenters. The highest BCUT2D eigenvalue weighted by molar-refractivity contribution is 9.10. The molecule has 0 aliphatic carbocycles. The van der Waals surface area contributed by atoms with Crippen LogP contribution < -0.4 is 14.2 Å². The predicted molar refractivity (Wildman–Crippen MR) is 116 cm³/mol. The molecule has 30 heavy (non-hydrogen) atoms. The summed E-state index contributed by atoms with van der Waals surface area (Å²) in [5, 5.41) is 0. The number of rotatable bonds is 4. The van der Waals surface area contributed by atoms with E-state index in [1.54, 1.807) is 43.5 Å². The van der Waals surface area contributed by atoms with Crippen molar-refractivity contribution in [3.05, 3.63) is 93.1 Å².